The Kier molecular flexibility index (Phi) is 8.38. The number of nitrogens with one attached hydrogen (secondary N) is 3. The molecule has 0 radical (unpaired) electrons. The molecule has 40 heavy (non-hydrogen) atoms. The molecule has 0 atom stereocenters. The number of aromatic nitrogens is 1. The lowest BCUT2D eigenvalue weighted by Crippen LogP contribution is -2.39. The monoisotopic (exact) mass is 605 g/mol. The fraction of sp³-hybridized carbons (Fsp3) is 0.231. The number of hydrogen-bond acceptors (Lipinski definition) is 8. The number of amides is 2. The molecule has 1 aliphatic heterocycles. The fourth-order valence-electron chi connectivity index (χ4n) is 4.28. The second-order valence-electron chi connectivity index (χ2n) is 8.96. The summed E-state index contributed by atoms with van der Waals surface area (Å²) in [4.78, 5) is 27.7. The first-order chi connectivity index (χ1) is 19.2. The van der Waals surface area contributed by atoms with Crippen molar-refractivity contribution < 1.29 is 22.3 Å². The lowest BCUT2D eigenvalue weighted by Gasteiger charge is -2.26. The molecule has 0 spiro atoms. The third-order valence-corrected chi connectivity index (χ3v) is 9.32. The number of ether oxygens (including phenoxy) is 1. The highest BCUT2D eigenvalue weighted by molar-refractivity contribution is 7.92. The smallest absolute Gasteiger partial charge is 0.333 e. The van der Waals surface area contributed by atoms with Crippen LogP contribution in [0.3, 0.4) is 0 Å². The highest BCUT2D eigenvalue weighted by Crippen LogP contribution is 2.25. The molecule has 0 saturated carbocycles. The molecule has 2 amide bonds. The predicted molar refractivity (Wildman–Crippen MR) is 154 cm³/mol. The number of pyridine rings is 1. The molecule has 2 aromatic heterocycles. The minimum absolute atomic E-state index is 0.000189. The Labute approximate surface area is 238 Å². The summed E-state index contributed by atoms with van der Waals surface area (Å²) in [6, 6.07) is 12.4. The molecular formula is C26H25ClFN5O5S2. The maximum Gasteiger partial charge on any atom is 0.333 e. The molecule has 1 saturated heterocycles. The first kappa shape index (κ1) is 28.1. The summed E-state index contributed by atoms with van der Waals surface area (Å²) in [5, 5.41) is 6.78. The molecule has 4 aromatic rings. The van der Waals surface area contributed by atoms with E-state index in [1.54, 1.807) is 12.1 Å². The van der Waals surface area contributed by atoms with Gasteiger partial charge in [-0.15, -0.1) is 11.3 Å². The molecule has 3 heterocycles. The van der Waals surface area contributed by atoms with Gasteiger partial charge in [0.15, 0.2) is 0 Å². The van der Waals surface area contributed by atoms with Gasteiger partial charge in [0, 0.05) is 49.1 Å². The number of thiophene rings is 1. The van der Waals surface area contributed by atoms with E-state index in [0.717, 1.165) is 62.5 Å². The first-order valence-electron chi connectivity index (χ1n) is 12.3. The van der Waals surface area contributed by atoms with Crippen LogP contribution in [0.25, 0.3) is 16.5 Å². The molecule has 210 valence electrons. The van der Waals surface area contributed by atoms with Crippen molar-refractivity contribution in [3.8, 4) is 5.69 Å². The molecule has 14 heteroatoms. The number of fused-ring (bicyclic) bond motifs is 1. The summed E-state index contributed by atoms with van der Waals surface area (Å²) in [6.07, 6.45) is 1.49. The van der Waals surface area contributed by atoms with Crippen molar-refractivity contribution >= 4 is 61.1 Å². The zero-order valence-electron chi connectivity index (χ0n) is 21.0. The third kappa shape index (κ3) is 6.45. The molecule has 2 aromatic carbocycles. The Morgan fingerprint density at radius 1 is 1.05 bits per heavy atom. The second kappa shape index (κ2) is 11.9. The number of urea groups is 1. The summed E-state index contributed by atoms with van der Waals surface area (Å²) in [6.45, 7) is 4.94. The van der Waals surface area contributed by atoms with E-state index in [1.807, 2.05) is 16.9 Å². The van der Waals surface area contributed by atoms with Crippen molar-refractivity contribution in [2.75, 3.05) is 50.0 Å². The van der Waals surface area contributed by atoms with Gasteiger partial charge in [0.05, 0.1) is 23.2 Å². The van der Waals surface area contributed by atoms with E-state index in [9.17, 15) is 18.0 Å². The largest absolute Gasteiger partial charge is 0.384 e. The van der Waals surface area contributed by atoms with Crippen LogP contribution in [0.15, 0.2) is 69.8 Å². The summed E-state index contributed by atoms with van der Waals surface area (Å²) in [7, 11) is -4.14. The number of anilines is 2. The molecule has 5 rings (SSSR count). The molecule has 3 N–H and O–H groups in total. The summed E-state index contributed by atoms with van der Waals surface area (Å²) in [5.74, 6) is -0.784. The van der Waals surface area contributed by atoms with E-state index in [4.69, 9.17) is 16.3 Å². The maximum absolute atomic E-state index is 15.0. The van der Waals surface area contributed by atoms with E-state index in [1.165, 1.54) is 35.0 Å². The van der Waals surface area contributed by atoms with Gasteiger partial charge in [0.1, 0.15) is 10.0 Å². The molecular weight excluding hydrogens is 581 g/mol. The Hall–Kier alpha value is -3.49. The number of benzene rings is 2. The van der Waals surface area contributed by atoms with Crippen LogP contribution in [0.1, 0.15) is 0 Å². The number of halogens is 2. The minimum atomic E-state index is -4.14. The summed E-state index contributed by atoms with van der Waals surface area (Å²) >= 11 is 6.55. The van der Waals surface area contributed by atoms with Crippen molar-refractivity contribution in [2.45, 2.75) is 4.21 Å². The van der Waals surface area contributed by atoms with Crippen molar-refractivity contribution in [3.05, 3.63) is 81.3 Å². The van der Waals surface area contributed by atoms with Crippen molar-refractivity contribution in [1.29, 1.82) is 0 Å². The first-order valence-corrected chi connectivity index (χ1v) is 15.0. The van der Waals surface area contributed by atoms with E-state index in [-0.39, 0.29) is 19.9 Å². The average Bonchev–Trinajstić information content (AvgIpc) is 3.37. The van der Waals surface area contributed by atoms with Crippen LogP contribution in [0, 0.1) is 5.82 Å². The number of rotatable bonds is 8. The van der Waals surface area contributed by atoms with Gasteiger partial charge >= 0.3 is 6.03 Å². The van der Waals surface area contributed by atoms with Crippen LogP contribution in [0.4, 0.5) is 20.6 Å². The highest BCUT2D eigenvalue weighted by atomic mass is 35.5. The molecule has 0 aliphatic carbocycles. The second-order valence-corrected chi connectivity index (χ2v) is 12.6. The number of sulfonamides is 1. The number of carbonyl (C=O) groups excluding carboxylic acids is 1. The van der Waals surface area contributed by atoms with E-state index in [2.05, 4.69) is 15.5 Å². The minimum Gasteiger partial charge on any atom is -0.384 e. The molecule has 1 fully saturated rings. The van der Waals surface area contributed by atoms with Crippen LogP contribution >= 0.6 is 22.9 Å². The normalized spacial score (nSPS) is 14.2. The van der Waals surface area contributed by atoms with Crippen LogP contribution in [-0.2, 0) is 14.8 Å². The quantitative estimate of drug-likeness (QED) is 0.276. The van der Waals surface area contributed by atoms with Crippen molar-refractivity contribution in [3.63, 3.8) is 0 Å². The third-order valence-electron chi connectivity index (χ3n) is 6.27. The van der Waals surface area contributed by atoms with Gasteiger partial charge in [0.25, 0.3) is 15.6 Å². The average molecular weight is 606 g/mol. The van der Waals surface area contributed by atoms with E-state index < -0.39 is 27.4 Å². The van der Waals surface area contributed by atoms with Gasteiger partial charge in [-0.1, -0.05) is 11.6 Å². The highest BCUT2D eigenvalue weighted by Gasteiger charge is 2.20. The Balaban J connectivity index is 1.27. The maximum atomic E-state index is 15.0. The van der Waals surface area contributed by atoms with Gasteiger partial charge in [-0.05, 0) is 60.0 Å². The lowest BCUT2D eigenvalue weighted by atomic mass is 10.1. The van der Waals surface area contributed by atoms with Gasteiger partial charge < -0.3 is 15.4 Å². The Morgan fingerprint density at radius 2 is 1.82 bits per heavy atom. The van der Waals surface area contributed by atoms with Crippen LogP contribution in [0.2, 0.25) is 4.34 Å². The SMILES string of the molecule is O=C(Nc1ccc(-n2ccc3cc(NCCN4CCOCC4)ccc3c2=O)c(F)c1)NS(=O)(=O)c1ccc(Cl)s1. The van der Waals surface area contributed by atoms with Crippen molar-refractivity contribution in [1.82, 2.24) is 14.2 Å². The number of hydrogen-bond donors (Lipinski definition) is 3. The molecule has 10 nitrogen and oxygen atoms in total. The van der Waals surface area contributed by atoms with Gasteiger partial charge in [0.2, 0.25) is 0 Å². The van der Waals surface area contributed by atoms with Crippen LogP contribution < -0.4 is 20.9 Å². The van der Waals surface area contributed by atoms with E-state index in [0.29, 0.717) is 10.8 Å². The fourth-order valence-corrected chi connectivity index (χ4v) is 6.67. The Bertz CT molecular complexity index is 1720. The zero-order chi connectivity index (χ0) is 28.3. The van der Waals surface area contributed by atoms with Gasteiger partial charge in [-0.3, -0.25) is 14.3 Å². The van der Waals surface area contributed by atoms with Crippen LogP contribution in [0.5, 0.6) is 0 Å². The lowest BCUT2D eigenvalue weighted by molar-refractivity contribution is 0.0398. The van der Waals surface area contributed by atoms with Gasteiger partial charge in [-0.25, -0.2) is 22.3 Å². The predicted octanol–water partition coefficient (Wildman–Crippen LogP) is 4.10. The number of carbonyl (C=O) groups is 1. The topological polar surface area (TPSA) is 122 Å². The molecule has 1 aliphatic rings. The molecule has 0 bridgehead atoms. The number of nitrogens with zero attached hydrogens (tertiary/aromatic N) is 2. The number of morpholine rings is 1. The zero-order valence-corrected chi connectivity index (χ0v) is 23.4. The Morgan fingerprint density at radius 3 is 2.55 bits per heavy atom. The standard InChI is InChI=1S/C26H25ClFN5O5S2/c27-23-5-6-24(39-23)40(36,37)31-26(35)30-19-2-4-22(21(28)16-19)33-9-7-17-15-18(1-3-20(17)25(33)34)29-8-10-32-11-13-38-14-12-32/h1-7,9,15-16,29H,8,10-14H2,(H2,30,31,35). The van der Waals surface area contributed by atoms with Gasteiger partial charge in [-0.2, -0.15) is 0 Å². The van der Waals surface area contributed by atoms with Crippen molar-refractivity contribution in [2.24, 2.45) is 0 Å². The molecule has 0 unspecified atom stereocenters. The summed E-state index contributed by atoms with van der Waals surface area (Å²) in [5.41, 5.74) is 0.448. The summed E-state index contributed by atoms with van der Waals surface area (Å²) < 4.78 is 48.1. The van der Waals surface area contributed by atoms with E-state index >= 15 is 4.39 Å². The van der Waals surface area contributed by atoms with Crippen LogP contribution in [-0.4, -0.2) is 63.3 Å².